The Morgan fingerprint density at radius 1 is 1.17 bits per heavy atom. The van der Waals surface area contributed by atoms with Gasteiger partial charge in [-0.3, -0.25) is 4.79 Å². The molecule has 0 saturated heterocycles. The minimum absolute atomic E-state index is 0.173. The molecule has 0 fully saturated rings. The molecule has 0 aliphatic heterocycles. The second-order valence-corrected chi connectivity index (χ2v) is 5.12. The second kappa shape index (κ2) is 8.48. The molecule has 1 aromatic carbocycles. The molecule has 0 saturated carbocycles. The predicted octanol–water partition coefficient (Wildman–Crippen LogP) is 1.93. The molecule has 0 aliphatic rings. The summed E-state index contributed by atoms with van der Waals surface area (Å²) in [5, 5.41) is 17.8. The fourth-order valence-corrected chi connectivity index (χ4v) is 2.06. The molecule has 3 N–H and O–H groups in total. The van der Waals surface area contributed by atoms with Crippen molar-refractivity contribution in [1.29, 1.82) is 5.26 Å². The van der Waals surface area contributed by atoms with Crippen molar-refractivity contribution in [2.75, 3.05) is 30.3 Å². The molecule has 0 bridgehead atoms. The third kappa shape index (κ3) is 4.95. The van der Waals surface area contributed by atoms with Crippen molar-refractivity contribution in [3.05, 3.63) is 47.2 Å². The maximum absolute atomic E-state index is 12.0. The maximum atomic E-state index is 12.0. The van der Waals surface area contributed by atoms with E-state index in [1.807, 2.05) is 26.0 Å². The number of aromatic nitrogens is 2. The van der Waals surface area contributed by atoms with E-state index < -0.39 is 0 Å². The Hall–Kier alpha value is -3.14. The van der Waals surface area contributed by atoms with Gasteiger partial charge in [-0.1, -0.05) is 0 Å². The van der Waals surface area contributed by atoms with E-state index >= 15 is 0 Å². The Bertz CT molecular complexity index is 736. The fraction of sp³-hybridized carbons (Fsp3) is 0.294. The van der Waals surface area contributed by atoms with Crippen LogP contribution < -0.4 is 16.0 Å². The van der Waals surface area contributed by atoms with Crippen LogP contribution in [0, 0.1) is 18.3 Å². The molecule has 1 aromatic heterocycles. The van der Waals surface area contributed by atoms with Crippen LogP contribution in [0.25, 0.3) is 0 Å². The van der Waals surface area contributed by atoms with Crippen molar-refractivity contribution in [3.63, 3.8) is 0 Å². The van der Waals surface area contributed by atoms with Crippen molar-refractivity contribution in [2.24, 2.45) is 0 Å². The zero-order valence-electron chi connectivity index (χ0n) is 13.8. The summed E-state index contributed by atoms with van der Waals surface area (Å²) in [6, 6.07) is 10.4. The lowest BCUT2D eigenvalue weighted by atomic mass is 10.1. The maximum Gasteiger partial charge on any atom is 0.251 e. The third-order valence-electron chi connectivity index (χ3n) is 3.18. The lowest BCUT2D eigenvalue weighted by Crippen LogP contribution is -2.28. The van der Waals surface area contributed by atoms with Crippen LogP contribution in [0.3, 0.4) is 0 Å². The zero-order valence-corrected chi connectivity index (χ0v) is 13.8. The molecular weight excluding hydrogens is 304 g/mol. The number of hydrogen-bond donors (Lipinski definition) is 3. The molecule has 124 valence electrons. The number of hydrogen-bond acceptors (Lipinski definition) is 6. The van der Waals surface area contributed by atoms with Crippen LogP contribution in [-0.2, 0) is 0 Å². The first-order chi connectivity index (χ1) is 11.6. The minimum atomic E-state index is -0.173. The van der Waals surface area contributed by atoms with E-state index in [9.17, 15) is 4.79 Å². The Morgan fingerprint density at radius 3 is 2.58 bits per heavy atom. The van der Waals surface area contributed by atoms with Gasteiger partial charge < -0.3 is 16.0 Å². The van der Waals surface area contributed by atoms with Crippen LogP contribution in [0.1, 0.15) is 28.5 Å². The van der Waals surface area contributed by atoms with Crippen LogP contribution in [0.2, 0.25) is 0 Å². The van der Waals surface area contributed by atoms with Gasteiger partial charge in [-0.05, 0) is 38.1 Å². The van der Waals surface area contributed by atoms with Crippen molar-refractivity contribution >= 4 is 17.7 Å². The van der Waals surface area contributed by atoms with E-state index in [0.29, 0.717) is 36.0 Å². The molecule has 2 rings (SSSR count). The van der Waals surface area contributed by atoms with E-state index in [2.05, 4.69) is 25.9 Å². The number of nitrogens with zero attached hydrogens (tertiary/aromatic N) is 3. The molecular formula is C17H20N6O. The van der Waals surface area contributed by atoms with Crippen molar-refractivity contribution in [1.82, 2.24) is 15.3 Å². The number of nitriles is 1. The molecule has 1 heterocycles. The first kappa shape index (κ1) is 17.2. The highest BCUT2D eigenvalue weighted by atomic mass is 16.1. The van der Waals surface area contributed by atoms with Crippen molar-refractivity contribution in [3.8, 4) is 6.07 Å². The van der Waals surface area contributed by atoms with Gasteiger partial charge in [0.15, 0.2) is 0 Å². The SMILES string of the molecule is CCNc1nc(C)cc(NCCNC(=O)c2ccc(C#N)cc2)n1. The van der Waals surface area contributed by atoms with E-state index in [0.717, 1.165) is 12.2 Å². The third-order valence-corrected chi connectivity index (χ3v) is 3.18. The molecule has 7 heteroatoms. The summed E-state index contributed by atoms with van der Waals surface area (Å²) in [4.78, 5) is 20.6. The summed E-state index contributed by atoms with van der Waals surface area (Å²) in [5.41, 5.74) is 1.93. The summed E-state index contributed by atoms with van der Waals surface area (Å²) >= 11 is 0. The fourth-order valence-electron chi connectivity index (χ4n) is 2.06. The Balaban J connectivity index is 1.82. The highest BCUT2D eigenvalue weighted by Crippen LogP contribution is 2.09. The molecule has 24 heavy (non-hydrogen) atoms. The number of benzene rings is 1. The number of rotatable bonds is 7. The minimum Gasteiger partial charge on any atom is -0.368 e. The van der Waals surface area contributed by atoms with E-state index in [4.69, 9.17) is 5.26 Å². The quantitative estimate of drug-likeness (QED) is 0.673. The van der Waals surface area contributed by atoms with Gasteiger partial charge in [0.2, 0.25) is 5.95 Å². The number of carbonyl (C=O) groups excluding carboxylic acids is 1. The van der Waals surface area contributed by atoms with Gasteiger partial charge in [0, 0.05) is 37.0 Å². The van der Waals surface area contributed by atoms with E-state index in [1.165, 1.54) is 0 Å². The first-order valence-electron chi connectivity index (χ1n) is 7.74. The lowest BCUT2D eigenvalue weighted by molar-refractivity contribution is 0.0955. The van der Waals surface area contributed by atoms with Gasteiger partial charge in [-0.2, -0.15) is 10.2 Å². The van der Waals surface area contributed by atoms with Crippen LogP contribution in [0.4, 0.5) is 11.8 Å². The molecule has 2 aromatic rings. The molecule has 0 aliphatic carbocycles. The lowest BCUT2D eigenvalue weighted by Gasteiger charge is -2.10. The van der Waals surface area contributed by atoms with Gasteiger partial charge in [0.1, 0.15) is 5.82 Å². The topological polar surface area (TPSA) is 103 Å². The average Bonchev–Trinajstić information content (AvgIpc) is 2.58. The highest BCUT2D eigenvalue weighted by Gasteiger charge is 2.05. The van der Waals surface area contributed by atoms with Gasteiger partial charge in [-0.15, -0.1) is 0 Å². The summed E-state index contributed by atoms with van der Waals surface area (Å²) in [5.74, 6) is 1.13. The zero-order chi connectivity index (χ0) is 17.4. The Morgan fingerprint density at radius 2 is 1.92 bits per heavy atom. The summed E-state index contributed by atoms with van der Waals surface area (Å²) in [6.45, 7) is 5.64. The van der Waals surface area contributed by atoms with Crippen molar-refractivity contribution < 1.29 is 4.79 Å². The number of aryl methyl sites for hydroxylation is 1. The molecule has 0 unspecified atom stereocenters. The van der Waals surface area contributed by atoms with Gasteiger partial charge in [-0.25, -0.2) is 4.98 Å². The monoisotopic (exact) mass is 324 g/mol. The van der Waals surface area contributed by atoms with Gasteiger partial charge >= 0.3 is 0 Å². The summed E-state index contributed by atoms with van der Waals surface area (Å²) < 4.78 is 0. The molecule has 0 atom stereocenters. The molecule has 7 nitrogen and oxygen atoms in total. The van der Waals surface area contributed by atoms with E-state index in [1.54, 1.807) is 24.3 Å². The summed E-state index contributed by atoms with van der Waals surface area (Å²) in [7, 11) is 0. The smallest absolute Gasteiger partial charge is 0.251 e. The largest absolute Gasteiger partial charge is 0.368 e. The molecule has 0 spiro atoms. The van der Waals surface area contributed by atoms with Crippen LogP contribution in [0.5, 0.6) is 0 Å². The first-order valence-corrected chi connectivity index (χ1v) is 7.74. The van der Waals surface area contributed by atoms with Gasteiger partial charge in [0.25, 0.3) is 5.91 Å². The summed E-state index contributed by atoms with van der Waals surface area (Å²) in [6.07, 6.45) is 0. The number of amides is 1. The molecule has 0 radical (unpaired) electrons. The number of nitrogens with one attached hydrogen (secondary N) is 3. The van der Waals surface area contributed by atoms with Crippen molar-refractivity contribution in [2.45, 2.75) is 13.8 Å². The second-order valence-electron chi connectivity index (χ2n) is 5.12. The predicted molar refractivity (Wildman–Crippen MR) is 92.9 cm³/mol. The number of carbonyl (C=O) groups is 1. The van der Waals surface area contributed by atoms with Crippen LogP contribution in [0.15, 0.2) is 30.3 Å². The van der Waals surface area contributed by atoms with E-state index in [-0.39, 0.29) is 5.91 Å². The van der Waals surface area contributed by atoms with Crippen LogP contribution >= 0.6 is 0 Å². The Kier molecular flexibility index (Phi) is 6.08. The standard InChI is InChI=1S/C17H20N6O/c1-3-19-17-22-12(2)10-15(23-17)20-8-9-21-16(24)14-6-4-13(11-18)5-7-14/h4-7,10H,3,8-9H2,1-2H3,(H,21,24)(H2,19,20,22,23). The normalized spacial score (nSPS) is 9.88. The van der Waals surface area contributed by atoms with Crippen LogP contribution in [-0.4, -0.2) is 35.5 Å². The highest BCUT2D eigenvalue weighted by molar-refractivity contribution is 5.94. The van der Waals surface area contributed by atoms with Gasteiger partial charge in [0.05, 0.1) is 11.6 Å². The average molecular weight is 324 g/mol. The molecule has 1 amide bonds. The number of anilines is 2. The Labute approximate surface area is 141 Å².